The van der Waals surface area contributed by atoms with Gasteiger partial charge in [-0.05, 0) is 42.4 Å². The Hall–Kier alpha value is -0.870. The molecule has 1 aromatic carbocycles. The molecule has 0 aliphatic carbocycles. The highest BCUT2D eigenvalue weighted by Crippen LogP contribution is 2.20. The fourth-order valence-corrected chi connectivity index (χ4v) is 2.21. The maximum absolute atomic E-state index is 5.28. The predicted octanol–water partition coefficient (Wildman–Crippen LogP) is 3.81. The van der Waals surface area contributed by atoms with Gasteiger partial charge in [0, 0.05) is 10.5 Å². The molecule has 0 saturated heterocycles. The lowest BCUT2D eigenvalue weighted by Gasteiger charge is -2.04. The second kappa shape index (κ2) is 5.78. The molecule has 0 aliphatic rings. The first kappa shape index (κ1) is 11.2. The topological polar surface area (TPSA) is 0 Å². The van der Waals surface area contributed by atoms with Crippen molar-refractivity contribution in [3.05, 3.63) is 29.8 Å². The van der Waals surface area contributed by atoms with Gasteiger partial charge in [-0.15, -0.1) is 18.2 Å². The number of thioether (sulfide) groups is 1. The molecule has 0 unspecified atom stereocenters. The number of benzene rings is 1. The van der Waals surface area contributed by atoms with E-state index >= 15 is 0 Å². The summed E-state index contributed by atoms with van der Waals surface area (Å²) >= 11 is 1.90. The van der Waals surface area contributed by atoms with E-state index in [-0.39, 0.29) is 0 Å². The van der Waals surface area contributed by atoms with E-state index in [9.17, 15) is 0 Å². The van der Waals surface area contributed by atoms with Gasteiger partial charge in [-0.25, -0.2) is 0 Å². The van der Waals surface area contributed by atoms with Gasteiger partial charge in [0.25, 0.3) is 0 Å². The molecule has 0 nitrogen and oxygen atoms in total. The van der Waals surface area contributed by atoms with Crippen LogP contribution >= 0.6 is 11.8 Å². The lowest BCUT2D eigenvalue weighted by molar-refractivity contribution is 0.632. The van der Waals surface area contributed by atoms with Crippen LogP contribution in [0.5, 0.6) is 0 Å². The highest BCUT2D eigenvalue weighted by atomic mass is 32.2. The van der Waals surface area contributed by atoms with Crippen LogP contribution < -0.4 is 0 Å². The third kappa shape index (κ3) is 3.89. The molecule has 74 valence electrons. The van der Waals surface area contributed by atoms with E-state index in [2.05, 4.69) is 31.9 Å². The van der Waals surface area contributed by atoms with E-state index in [0.717, 1.165) is 11.5 Å². The van der Waals surface area contributed by atoms with Crippen molar-refractivity contribution in [3.8, 4) is 12.3 Å². The van der Waals surface area contributed by atoms with Gasteiger partial charge in [0.15, 0.2) is 0 Å². The molecule has 0 amide bonds. The van der Waals surface area contributed by atoms with Crippen LogP contribution in [0.3, 0.4) is 0 Å². The molecule has 0 bridgehead atoms. The van der Waals surface area contributed by atoms with Crippen LogP contribution in [-0.2, 0) is 0 Å². The minimum atomic E-state index is 0.785. The molecular formula is C13H16S. The van der Waals surface area contributed by atoms with Crippen LogP contribution in [-0.4, -0.2) is 5.75 Å². The van der Waals surface area contributed by atoms with Gasteiger partial charge >= 0.3 is 0 Å². The Labute approximate surface area is 91.1 Å². The molecule has 0 atom stereocenters. The second-order valence-corrected chi connectivity index (χ2v) is 4.87. The second-order valence-electron chi connectivity index (χ2n) is 3.70. The number of hydrogen-bond donors (Lipinski definition) is 0. The predicted molar refractivity (Wildman–Crippen MR) is 64.6 cm³/mol. The highest BCUT2D eigenvalue weighted by molar-refractivity contribution is 7.99. The van der Waals surface area contributed by atoms with Crippen molar-refractivity contribution in [3.63, 3.8) is 0 Å². The van der Waals surface area contributed by atoms with Gasteiger partial charge < -0.3 is 0 Å². The quantitative estimate of drug-likeness (QED) is 0.531. The monoisotopic (exact) mass is 204 g/mol. The first-order valence-electron chi connectivity index (χ1n) is 4.92. The molecule has 0 aromatic heterocycles. The maximum Gasteiger partial charge on any atom is 0.0243 e. The summed E-state index contributed by atoms with van der Waals surface area (Å²) in [6, 6.07) is 8.19. The summed E-state index contributed by atoms with van der Waals surface area (Å²) in [5, 5.41) is 0. The standard InChI is InChI=1S/C13H16S/c1-4-12-5-7-13(8-6-12)14-10-9-11(2)3/h1,5-8,11H,9-10H2,2-3H3. The number of hydrogen-bond acceptors (Lipinski definition) is 1. The van der Waals surface area contributed by atoms with Crippen molar-refractivity contribution in [2.75, 3.05) is 5.75 Å². The van der Waals surface area contributed by atoms with Gasteiger partial charge in [0.05, 0.1) is 0 Å². The van der Waals surface area contributed by atoms with Crippen molar-refractivity contribution in [2.24, 2.45) is 5.92 Å². The number of rotatable bonds is 4. The zero-order chi connectivity index (χ0) is 10.4. The van der Waals surface area contributed by atoms with Gasteiger partial charge in [0.2, 0.25) is 0 Å². The zero-order valence-electron chi connectivity index (χ0n) is 8.79. The summed E-state index contributed by atoms with van der Waals surface area (Å²) < 4.78 is 0. The third-order valence-electron chi connectivity index (χ3n) is 1.98. The largest absolute Gasteiger partial charge is 0.126 e. The Balaban J connectivity index is 2.41. The molecule has 0 radical (unpaired) electrons. The lowest BCUT2D eigenvalue weighted by atomic mass is 10.2. The van der Waals surface area contributed by atoms with E-state index in [0.29, 0.717) is 0 Å². The Kier molecular flexibility index (Phi) is 4.62. The molecule has 14 heavy (non-hydrogen) atoms. The first-order chi connectivity index (χ1) is 6.72. The molecule has 0 aliphatic heterocycles. The normalized spacial score (nSPS) is 10.1. The van der Waals surface area contributed by atoms with Crippen molar-refractivity contribution in [2.45, 2.75) is 25.2 Å². The Morgan fingerprint density at radius 1 is 1.29 bits per heavy atom. The molecular weight excluding hydrogens is 188 g/mol. The Morgan fingerprint density at radius 3 is 2.43 bits per heavy atom. The van der Waals surface area contributed by atoms with E-state index in [1.165, 1.54) is 17.1 Å². The summed E-state index contributed by atoms with van der Waals surface area (Å²) in [5.74, 6) is 4.59. The minimum absolute atomic E-state index is 0.785. The van der Waals surface area contributed by atoms with Crippen molar-refractivity contribution >= 4 is 11.8 Å². The van der Waals surface area contributed by atoms with Gasteiger partial charge in [-0.1, -0.05) is 19.8 Å². The molecule has 0 spiro atoms. The smallest absolute Gasteiger partial charge is 0.0243 e. The van der Waals surface area contributed by atoms with Gasteiger partial charge in [0.1, 0.15) is 0 Å². The van der Waals surface area contributed by atoms with Crippen molar-refractivity contribution in [1.29, 1.82) is 0 Å². The maximum atomic E-state index is 5.28. The van der Waals surface area contributed by atoms with Crippen LogP contribution in [0.2, 0.25) is 0 Å². The van der Waals surface area contributed by atoms with E-state index in [1.807, 2.05) is 23.9 Å². The van der Waals surface area contributed by atoms with Gasteiger partial charge in [-0.3, -0.25) is 0 Å². The van der Waals surface area contributed by atoms with E-state index < -0.39 is 0 Å². The SMILES string of the molecule is C#Cc1ccc(SCCC(C)C)cc1. The molecule has 1 aromatic rings. The third-order valence-corrected chi connectivity index (χ3v) is 3.03. The molecule has 1 rings (SSSR count). The Bertz CT molecular complexity index is 303. The van der Waals surface area contributed by atoms with Crippen LogP contribution in [0.1, 0.15) is 25.8 Å². The summed E-state index contributed by atoms with van der Waals surface area (Å²) in [4.78, 5) is 1.31. The van der Waals surface area contributed by atoms with Crippen LogP contribution in [0.15, 0.2) is 29.2 Å². The van der Waals surface area contributed by atoms with E-state index in [1.54, 1.807) is 0 Å². The number of terminal acetylenes is 1. The summed E-state index contributed by atoms with van der Waals surface area (Å²) in [6.07, 6.45) is 6.55. The van der Waals surface area contributed by atoms with E-state index in [4.69, 9.17) is 6.42 Å². The highest BCUT2D eigenvalue weighted by Gasteiger charge is 1.96. The van der Waals surface area contributed by atoms with Crippen molar-refractivity contribution < 1.29 is 0 Å². The average molecular weight is 204 g/mol. The minimum Gasteiger partial charge on any atom is -0.126 e. The average Bonchev–Trinajstić information content (AvgIpc) is 2.18. The Morgan fingerprint density at radius 2 is 1.93 bits per heavy atom. The van der Waals surface area contributed by atoms with Gasteiger partial charge in [-0.2, -0.15) is 0 Å². The van der Waals surface area contributed by atoms with Crippen molar-refractivity contribution in [1.82, 2.24) is 0 Å². The molecule has 0 heterocycles. The summed E-state index contributed by atoms with van der Waals surface area (Å²) in [6.45, 7) is 4.50. The summed E-state index contributed by atoms with van der Waals surface area (Å²) in [5.41, 5.74) is 0.957. The molecule has 0 N–H and O–H groups in total. The molecule has 0 saturated carbocycles. The lowest BCUT2D eigenvalue weighted by Crippen LogP contribution is -1.89. The first-order valence-corrected chi connectivity index (χ1v) is 5.90. The van der Waals surface area contributed by atoms with Crippen LogP contribution in [0, 0.1) is 18.3 Å². The summed E-state index contributed by atoms with van der Waals surface area (Å²) in [7, 11) is 0. The zero-order valence-corrected chi connectivity index (χ0v) is 9.60. The van der Waals surface area contributed by atoms with Crippen LogP contribution in [0.4, 0.5) is 0 Å². The van der Waals surface area contributed by atoms with Crippen LogP contribution in [0.25, 0.3) is 0 Å². The molecule has 1 heteroatoms. The molecule has 0 fully saturated rings. The fraction of sp³-hybridized carbons (Fsp3) is 0.385. The fourth-order valence-electron chi connectivity index (χ4n) is 1.06.